The molecule has 1 heterocycles. The van der Waals surface area contributed by atoms with Gasteiger partial charge < -0.3 is 20.2 Å². The van der Waals surface area contributed by atoms with Crippen LogP contribution in [-0.2, 0) is 9.59 Å². The Kier molecular flexibility index (Phi) is 7.81. The second-order valence-corrected chi connectivity index (χ2v) is 7.12. The normalized spacial score (nSPS) is 11.1. The van der Waals surface area contributed by atoms with Crippen molar-refractivity contribution in [3.05, 3.63) is 62.6 Å². The van der Waals surface area contributed by atoms with Gasteiger partial charge in [-0.3, -0.25) is 14.4 Å². The summed E-state index contributed by atoms with van der Waals surface area (Å²) in [7, 11) is 0. The Hall–Kier alpha value is -2.39. The number of aliphatic carboxylic acids is 1. The van der Waals surface area contributed by atoms with E-state index in [1.54, 1.807) is 30.3 Å². The molecule has 2 amide bonds. The molecule has 7 nitrogen and oxygen atoms in total. The fourth-order valence-electron chi connectivity index (χ4n) is 2.04. The molecule has 0 unspecified atom stereocenters. The first-order valence-corrected chi connectivity index (χ1v) is 9.47. The highest BCUT2D eigenvalue weighted by molar-refractivity contribution is 9.10. The Morgan fingerprint density at radius 3 is 2.37 bits per heavy atom. The third-order valence-electron chi connectivity index (χ3n) is 3.32. The highest BCUT2D eigenvalue weighted by Crippen LogP contribution is 2.15. The maximum atomic E-state index is 12.4. The van der Waals surface area contributed by atoms with Crippen LogP contribution in [0.15, 0.2) is 55.7 Å². The van der Waals surface area contributed by atoms with Gasteiger partial charge in [-0.1, -0.05) is 28.1 Å². The van der Waals surface area contributed by atoms with Crippen LogP contribution in [-0.4, -0.2) is 29.4 Å². The molecule has 1 aromatic carbocycles. The lowest BCUT2D eigenvalue weighted by atomic mass is 10.2. The molecule has 0 aliphatic heterocycles. The van der Waals surface area contributed by atoms with Crippen LogP contribution in [0.2, 0.25) is 0 Å². The van der Waals surface area contributed by atoms with Crippen LogP contribution in [0.1, 0.15) is 29.0 Å². The summed E-state index contributed by atoms with van der Waals surface area (Å²) in [5.74, 6) is -2.00. The summed E-state index contributed by atoms with van der Waals surface area (Å²) in [6.07, 6.45) is 1.75. The maximum absolute atomic E-state index is 12.4. The predicted octanol–water partition coefficient (Wildman–Crippen LogP) is 3.56. The molecule has 2 aromatic rings. The monoisotopic (exact) mass is 498 g/mol. The smallest absolute Gasteiger partial charge is 0.303 e. The van der Waals surface area contributed by atoms with E-state index in [2.05, 4.69) is 42.5 Å². The zero-order valence-corrected chi connectivity index (χ0v) is 17.2. The van der Waals surface area contributed by atoms with Gasteiger partial charge in [0, 0.05) is 17.4 Å². The van der Waals surface area contributed by atoms with E-state index in [-0.39, 0.29) is 30.8 Å². The van der Waals surface area contributed by atoms with Gasteiger partial charge in [0.05, 0.1) is 0 Å². The summed E-state index contributed by atoms with van der Waals surface area (Å²) in [6, 6.07) is 10.2. The Bertz CT molecular complexity index is 859. The molecule has 9 heteroatoms. The molecule has 2 rings (SSSR count). The minimum atomic E-state index is -0.938. The highest BCUT2D eigenvalue weighted by Gasteiger charge is 2.17. The molecule has 0 saturated heterocycles. The van der Waals surface area contributed by atoms with Crippen molar-refractivity contribution in [1.82, 2.24) is 10.6 Å². The summed E-state index contributed by atoms with van der Waals surface area (Å²) in [5.41, 5.74) is 0.722. The number of hydrogen-bond donors (Lipinski definition) is 3. The molecular weight excluding hydrogens is 484 g/mol. The van der Waals surface area contributed by atoms with Crippen LogP contribution >= 0.6 is 31.9 Å². The topological polar surface area (TPSA) is 109 Å². The van der Waals surface area contributed by atoms with Crippen molar-refractivity contribution < 1.29 is 23.9 Å². The number of carboxylic acids is 1. The van der Waals surface area contributed by atoms with E-state index in [0.717, 1.165) is 4.47 Å². The highest BCUT2D eigenvalue weighted by atomic mass is 79.9. The van der Waals surface area contributed by atoms with E-state index in [1.807, 2.05) is 0 Å². The first-order valence-electron chi connectivity index (χ1n) is 7.89. The molecule has 0 radical (unpaired) electrons. The molecule has 0 atom stereocenters. The fraction of sp³-hybridized carbons (Fsp3) is 0.167. The van der Waals surface area contributed by atoms with Gasteiger partial charge in [-0.15, -0.1) is 0 Å². The molecular formula is C18H16Br2N2O5. The molecule has 0 saturated carbocycles. The van der Waals surface area contributed by atoms with Gasteiger partial charge in [0.15, 0.2) is 10.4 Å². The Morgan fingerprint density at radius 2 is 1.78 bits per heavy atom. The number of carbonyl (C=O) groups excluding carboxylic acids is 2. The molecule has 142 valence electrons. The first kappa shape index (κ1) is 20.9. The largest absolute Gasteiger partial charge is 0.481 e. The van der Waals surface area contributed by atoms with Crippen molar-refractivity contribution in [2.75, 3.05) is 6.54 Å². The molecule has 0 fully saturated rings. The molecule has 3 N–H and O–H groups in total. The zero-order chi connectivity index (χ0) is 19.8. The second kappa shape index (κ2) is 10.1. The van der Waals surface area contributed by atoms with E-state index in [1.165, 1.54) is 12.1 Å². The molecule has 0 aliphatic rings. The number of rotatable bonds is 8. The SMILES string of the molecule is O=C(O)CCCNC(=O)/C(=C/c1ccc(Br)cc1)NC(=O)c1ccc(Br)o1. The Balaban J connectivity index is 2.14. The average molecular weight is 500 g/mol. The maximum Gasteiger partial charge on any atom is 0.303 e. The predicted molar refractivity (Wildman–Crippen MR) is 106 cm³/mol. The Labute approximate surface area is 172 Å². The molecule has 1 aromatic heterocycles. The minimum absolute atomic E-state index is 0.0187. The van der Waals surface area contributed by atoms with Crippen molar-refractivity contribution in [1.29, 1.82) is 0 Å². The number of benzene rings is 1. The van der Waals surface area contributed by atoms with Gasteiger partial charge in [0.2, 0.25) is 0 Å². The number of carboxylic acid groups (broad SMARTS) is 1. The number of nitrogens with one attached hydrogen (secondary N) is 2. The summed E-state index contributed by atoms with van der Waals surface area (Å²) >= 11 is 6.45. The van der Waals surface area contributed by atoms with Gasteiger partial charge in [0.1, 0.15) is 5.70 Å². The standard InChI is InChI=1S/C18H16Br2N2O5/c19-12-5-3-11(4-6-12)10-13(17(25)21-9-1-2-16(23)24)22-18(26)14-7-8-15(20)27-14/h3-8,10H,1-2,9H2,(H,21,25)(H,22,26)(H,23,24)/b13-10-. The molecule has 0 bridgehead atoms. The van der Waals surface area contributed by atoms with Crippen LogP contribution in [0, 0.1) is 0 Å². The Morgan fingerprint density at radius 1 is 1.07 bits per heavy atom. The van der Waals surface area contributed by atoms with Gasteiger partial charge in [-0.25, -0.2) is 0 Å². The first-order chi connectivity index (χ1) is 12.8. The van der Waals surface area contributed by atoms with Crippen molar-refractivity contribution >= 4 is 55.7 Å². The van der Waals surface area contributed by atoms with E-state index in [4.69, 9.17) is 9.52 Å². The van der Waals surface area contributed by atoms with Crippen molar-refractivity contribution in [2.45, 2.75) is 12.8 Å². The van der Waals surface area contributed by atoms with E-state index in [9.17, 15) is 14.4 Å². The second-order valence-electron chi connectivity index (χ2n) is 5.42. The van der Waals surface area contributed by atoms with Crippen molar-refractivity contribution in [3.8, 4) is 0 Å². The average Bonchev–Trinajstić information content (AvgIpc) is 3.06. The van der Waals surface area contributed by atoms with Crippen molar-refractivity contribution in [2.24, 2.45) is 0 Å². The lowest BCUT2D eigenvalue weighted by Gasteiger charge is -2.10. The lowest BCUT2D eigenvalue weighted by Crippen LogP contribution is -2.35. The summed E-state index contributed by atoms with van der Waals surface area (Å²) in [5, 5.41) is 13.8. The van der Waals surface area contributed by atoms with Crippen LogP contribution in [0.3, 0.4) is 0 Å². The molecule has 0 aliphatic carbocycles. The number of hydrogen-bond acceptors (Lipinski definition) is 4. The van der Waals surface area contributed by atoms with Gasteiger partial charge in [-0.05, 0) is 58.3 Å². The fourth-order valence-corrected chi connectivity index (χ4v) is 2.61. The lowest BCUT2D eigenvalue weighted by molar-refractivity contribution is -0.137. The molecule has 0 spiro atoms. The quantitative estimate of drug-likeness (QED) is 0.380. The van der Waals surface area contributed by atoms with E-state index in [0.29, 0.717) is 10.2 Å². The van der Waals surface area contributed by atoms with Crippen LogP contribution in [0.5, 0.6) is 0 Å². The van der Waals surface area contributed by atoms with Crippen LogP contribution < -0.4 is 10.6 Å². The number of furan rings is 1. The number of halogens is 2. The third-order valence-corrected chi connectivity index (χ3v) is 4.28. The van der Waals surface area contributed by atoms with Crippen LogP contribution in [0.25, 0.3) is 6.08 Å². The molecule has 27 heavy (non-hydrogen) atoms. The van der Waals surface area contributed by atoms with Gasteiger partial charge in [-0.2, -0.15) is 0 Å². The zero-order valence-electron chi connectivity index (χ0n) is 14.0. The van der Waals surface area contributed by atoms with Gasteiger partial charge in [0.25, 0.3) is 11.8 Å². The minimum Gasteiger partial charge on any atom is -0.481 e. The van der Waals surface area contributed by atoms with Gasteiger partial charge >= 0.3 is 5.97 Å². The van der Waals surface area contributed by atoms with Crippen LogP contribution in [0.4, 0.5) is 0 Å². The third kappa shape index (κ3) is 7.03. The number of carbonyl (C=O) groups is 3. The van der Waals surface area contributed by atoms with E-state index < -0.39 is 17.8 Å². The summed E-state index contributed by atoms with van der Waals surface area (Å²) < 4.78 is 6.46. The van der Waals surface area contributed by atoms with E-state index >= 15 is 0 Å². The summed E-state index contributed by atoms with van der Waals surface area (Å²) in [4.78, 5) is 35.3. The van der Waals surface area contributed by atoms with Crippen molar-refractivity contribution in [3.63, 3.8) is 0 Å². The summed E-state index contributed by atoms with van der Waals surface area (Å²) in [6.45, 7) is 0.172. The number of amides is 2.